The van der Waals surface area contributed by atoms with Gasteiger partial charge in [0.15, 0.2) is 5.60 Å². The number of aliphatic hydroxyl groups excluding tert-OH is 2. The fraction of sp³-hybridized carbons (Fsp3) is 0.667. The van der Waals surface area contributed by atoms with Gasteiger partial charge in [0.2, 0.25) is 0 Å². The molecule has 5 nitrogen and oxygen atoms in total. The normalized spacial score (nSPS) is 46.2. The molecular weight excluding hydrogens is 296 g/mol. The highest BCUT2D eigenvalue weighted by molar-refractivity contribution is 6.20. The number of carbonyl (C=O) groups excluding carboxylic acids is 1. The van der Waals surface area contributed by atoms with E-state index in [0.29, 0.717) is 6.42 Å². The molecule has 21 heavy (non-hydrogen) atoms. The summed E-state index contributed by atoms with van der Waals surface area (Å²) in [6.45, 7) is 5.79. The van der Waals surface area contributed by atoms with Gasteiger partial charge in [-0.1, -0.05) is 12.2 Å². The van der Waals surface area contributed by atoms with Crippen molar-refractivity contribution in [3.63, 3.8) is 0 Å². The fourth-order valence-electron chi connectivity index (χ4n) is 4.10. The minimum absolute atomic E-state index is 0.0832. The van der Waals surface area contributed by atoms with Crippen LogP contribution in [0, 0.1) is 17.8 Å². The van der Waals surface area contributed by atoms with Crippen molar-refractivity contribution in [1.82, 2.24) is 0 Å². The third-order valence-electron chi connectivity index (χ3n) is 5.27. The van der Waals surface area contributed by atoms with Crippen LogP contribution in [0.5, 0.6) is 0 Å². The molecule has 3 rings (SSSR count). The Kier molecular flexibility index (Phi) is 3.35. The van der Waals surface area contributed by atoms with Crippen LogP contribution < -0.4 is 0 Å². The zero-order valence-electron chi connectivity index (χ0n) is 11.8. The molecule has 0 aromatic carbocycles. The first-order chi connectivity index (χ1) is 9.81. The summed E-state index contributed by atoms with van der Waals surface area (Å²) < 4.78 is 5.38. The van der Waals surface area contributed by atoms with Gasteiger partial charge < -0.3 is 20.1 Å². The molecular formula is C15H19ClO5. The molecule has 3 N–H and O–H groups in total. The standard InChI is InChI=1S/C15H19ClO5/c1-6-3-10(18)12-13(21-14(19)15(12,20)5-16)11-7(2)9(17)4-8(6)11/h8,10-13,17-18,20H,1,3-5H2,2H3/t8-,10-,11-,12+,13+,15-/m0/s1. The highest BCUT2D eigenvalue weighted by Crippen LogP contribution is 2.53. The number of halogens is 1. The van der Waals surface area contributed by atoms with E-state index in [9.17, 15) is 20.1 Å². The van der Waals surface area contributed by atoms with Gasteiger partial charge in [0.25, 0.3) is 0 Å². The number of hydrogen-bond acceptors (Lipinski definition) is 5. The summed E-state index contributed by atoms with van der Waals surface area (Å²) in [7, 11) is 0. The van der Waals surface area contributed by atoms with Crippen molar-refractivity contribution in [2.75, 3.05) is 5.88 Å². The first kappa shape index (κ1) is 14.9. The number of hydrogen-bond donors (Lipinski definition) is 3. The molecule has 6 atom stereocenters. The van der Waals surface area contributed by atoms with Crippen molar-refractivity contribution in [1.29, 1.82) is 0 Å². The van der Waals surface area contributed by atoms with Crippen LogP contribution in [0.2, 0.25) is 0 Å². The van der Waals surface area contributed by atoms with Gasteiger partial charge in [-0.2, -0.15) is 0 Å². The van der Waals surface area contributed by atoms with Crippen LogP contribution in [0.1, 0.15) is 19.8 Å². The Labute approximate surface area is 127 Å². The van der Waals surface area contributed by atoms with E-state index in [-0.39, 0.29) is 29.9 Å². The Morgan fingerprint density at radius 1 is 1.48 bits per heavy atom. The molecule has 1 saturated carbocycles. The van der Waals surface area contributed by atoms with Crippen LogP contribution in [0.4, 0.5) is 0 Å². The topological polar surface area (TPSA) is 87.0 Å². The number of allylic oxidation sites excluding steroid dienone is 1. The molecule has 0 radical (unpaired) electrons. The SMILES string of the molecule is C=C1C[C@H](O)[C@@H]2[C@H](OC(=O)[C@]2(O)CCl)[C@H]2C(C)=C(O)C[C@@H]12. The summed E-state index contributed by atoms with van der Waals surface area (Å²) in [6, 6.07) is 0. The molecule has 2 aliphatic carbocycles. The average molecular weight is 315 g/mol. The van der Waals surface area contributed by atoms with Crippen LogP contribution in [-0.2, 0) is 9.53 Å². The first-order valence-corrected chi connectivity index (χ1v) is 7.58. The van der Waals surface area contributed by atoms with Gasteiger partial charge in [0.1, 0.15) is 6.10 Å². The Hall–Kier alpha value is -1.04. The highest BCUT2D eigenvalue weighted by Gasteiger charge is 2.63. The zero-order chi connectivity index (χ0) is 15.5. The Balaban J connectivity index is 2.09. The summed E-state index contributed by atoms with van der Waals surface area (Å²) >= 11 is 5.78. The largest absolute Gasteiger partial charge is 0.512 e. The van der Waals surface area contributed by atoms with Gasteiger partial charge in [0, 0.05) is 12.3 Å². The molecule has 116 valence electrons. The number of alkyl halides is 1. The Bertz CT molecular complexity index is 542. The molecule has 2 fully saturated rings. The number of rotatable bonds is 1. The third-order valence-corrected chi connectivity index (χ3v) is 5.68. The number of fused-ring (bicyclic) bond motifs is 3. The molecule has 0 aromatic rings. The summed E-state index contributed by atoms with van der Waals surface area (Å²) in [5.41, 5.74) is -0.352. The summed E-state index contributed by atoms with van der Waals surface area (Å²) in [5.74, 6) is -2.01. The van der Waals surface area contributed by atoms with Gasteiger partial charge in [-0.25, -0.2) is 4.79 Å². The van der Waals surface area contributed by atoms with E-state index in [0.717, 1.165) is 11.1 Å². The molecule has 6 heteroatoms. The van der Waals surface area contributed by atoms with Gasteiger partial charge in [-0.15, -0.1) is 11.6 Å². The van der Waals surface area contributed by atoms with Crippen LogP contribution in [-0.4, -0.2) is 45.0 Å². The van der Waals surface area contributed by atoms with Gasteiger partial charge >= 0.3 is 5.97 Å². The number of ether oxygens (including phenoxy) is 1. The fourth-order valence-corrected chi connectivity index (χ4v) is 4.38. The minimum Gasteiger partial charge on any atom is -0.512 e. The van der Waals surface area contributed by atoms with Crippen molar-refractivity contribution >= 4 is 17.6 Å². The Morgan fingerprint density at radius 2 is 2.14 bits per heavy atom. The minimum atomic E-state index is -1.89. The van der Waals surface area contributed by atoms with Gasteiger partial charge in [-0.3, -0.25) is 0 Å². The number of carbonyl (C=O) groups is 1. The zero-order valence-corrected chi connectivity index (χ0v) is 12.5. The Morgan fingerprint density at radius 3 is 2.76 bits per heavy atom. The van der Waals surface area contributed by atoms with E-state index in [1.165, 1.54) is 0 Å². The second kappa shape index (κ2) is 4.73. The number of aliphatic hydroxyl groups is 3. The van der Waals surface area contributed by atoms with Crippen LogP contribution in [0.3, 0.4) is 0 Å². The van der Waals surface area contributed by atoms with Gasteiger partial charge in [0.05, 0.1) is 23.7 Å². The molecule has 0 unspecified atom stereocenters. The maximum atomic E-state index is 12.0. The van der Waals surface area contributed by atoms with Gasteiger partial charge in [-0.05, 0) is 24.8 Å². The maximum absolute atomic E-state index is 12.0. The van der Waals surface area contributed by atoms with E-state index in [1.54, 1.807) is 6.92 Å². The van der Waals surface area contributed by atoms with Crippen molar-refractivity contribution in [3.05, 3.63) is 23.5 Å². The molecule has 1 heterocycles. The average Bonchev–Trinajstić information content (AvgIpc) is 2.82. The lowest BCUT2D eigenvalue weighted by Gasteiger charge is -2.30. The lowest BCUT2D eigenvalue weighted by molar-refractivity contribution is -0.155. The smallest absolute Gasteiger partial charge is 0.340 e. The van der Waals surface area contributed by atoms with E-state index in [2.05, 4.69) is 6.58 Å². The quantitative estimate of drug-likeness (QED) is 0.386. The van der Waals surface area contributed by atoms with Crippen molar-refractivity contribution in [2.24, 2.45) is 17.8 Å². The van der Waals surface area contributed by atoms with E-state index in [4.69, 9.17) is 16.3 Å². The molecule has 0 aromatic heterocycles. The summed E-state index contributed by atoms with van der Waals surface area (Å²) in [4.78, 5) is 12.0. The third kappa shape index (κ3) is 1.87. The van der Waals surface area contributed by atoms with Crippen LogP contribution >= 0.6 is 11.6 Å². The van der Waals surface area contributed by atoms with E-state index < -0.39 is 29.7 Å². The molecule has 0 spiro atoms. The van der Waals surface area contributed by atoms with Crippen LogP contribution in [0.15, 0.2) is 23.5 Å². The predicted octanol–water partition coefficient (Wildman–Crippen LogP) is 1.29. The lowest BCUT2D eigenvalue weighted by atomic mass is 9.76. The molecule has 1 aliphatic heterocycles. The highest BCUT2D eigenvalue weighted by atomic mass is 35.5. The van der Waals surface area contributed by atoms with Crippen molar-refractivity contribution < 1.29 is 24.9 Å². The second-order valence-corrected chi connectivity index (χ2v) is 6.62. The molecule has 1 saturated heterocycles. The monoisotopic (exact) mass is 314 g/mol. The van der Waals surface area contributed by atoms with E-state index in [1.807, 2.05) is 0 Å². The van der Waals surface area contributed by atoms with Crippen molar-refractivity contribution in [2.45, 2.75) is 37.6 Å². The predicted molar refractivity (Wildman–Crippen MR) is 75.7 cm³/mol. The summed E-state index contributed by atoms with van der Waals surface area (Å²) in [6.07, 6.45) is -0.940. The van der Waals surface area contributed by atoms with Crippen molar-refractivity contribution in [3.8, 4) is 0 Å². The lowest BCUT2D eigenvalue weighted by Crippen LogP contribution is -2.49. The maximum Gasteiger partial charge on any atom is 0.340 e. The van der Waals surface area contributed by atoms with Crippen LogP contribution in [0.25, 0.3) is 0 Å². The second-order valence-electron chi connectivity index (χ2n) is 6.35. The molecule has 3 aliphatic rings. The number of esters is 1. The summed E-state index contributed by atoms with van der Waals surface area (Å²) in [5, 5.41) is 31.0. The molecule has 0 amide bonds. The molecule has 0 bridgehead atoms. The first-order valence-electron chi connectivity index (χ1n) is 7.05. The van der Waals surface area contributed by atoms with E-state index >= 15 is 0 Å².